The molecule has 1 N–H and O–H groups in total. The third-order valence-corrected chi connectivity index (χ3v) is 3.73. The van der Waals surface area contributed by atoms with Gasteiger partial charge in [-0.15, -0.1) is 0 Å². The molecule has 108 valence electrons. The number of anilines is 1. The fourth-order valence-corrected chi connectivity index (χ4v) is 2.20. The topological polar surface area (TPSA) is 41.1 Å². The highest BCUT2D eigenvalue weighted by Crippen LogP contribution is 2.13. The molecule has 0 fully saturated rings. The van der Waals surface area contributed by atoms with Gasteiger partial charge in [0.2, 0.25) is 0 Å². The van der Waals surface area contributed by atoms with Gasteiger partial charge >= 0.3 is 0 Å². The maximum Gasteiger partial charge on any atom is 0.132 e. The van der Waals surface area contributed by atoms with E-state index in [0.717, 1.165) is 42.2 Å². The van der Waals surface area contributed by atoms with Crippen molar-refractivity contribution in [1.82, 2.24) is 14.9 Å². The van der Waals surface area contributed by atoms with Gasteiger partial charge in [-0.25, -0.2) is 9.97 Å². The summed E-state index contributed by atoms with van der Waals surface area (Å²) < 4.78 is 0.851. The van der Waals surface area contributed by atoms with Crippen molar-refractivity contribution in [1.29, 1.82) is 0 Å². The van der Waals surface area contributed by atoms with Gasteiger partial charge in [-0.1, -0.05) is 13.8 Å². The predicted octanol–water partition coefficient (Wildman–Crippen LogP) is 3.33. The molecule has 0 saturated carbocycles. The minimum atomic E-state index is 0.620. The molecule has 0 radical (unpaired) electrons. The molecule has 0 spiro atoms. The second-order valence-electron chi connectivity index (χ2n) is 4.91. The van der Waals surface area contributed by atoms with Crippen molar-refractivity contribution < 1.29 is 0 Å². The first kappa shape index (κ1) is 16.4. The first-order chi connectivity index (χ1) is 9.06. The number of likely N-dealkylation sites (N-methyl/N-ethyl adjacent to an activating group) is 1. The molecule has 0 saturated heterocycles. The lowest BCUT2D eigenvalue weighted by Gasteiger charge is -2.23. The maximum absolute atomic E-state index is 4.51. The van der Waals surface area contributed by atoms with Gasteiger partial charge in [0, 0.05) is 31.6 Å². The molecule has 1 atom stereocenters. The van der Waals surface area contributed by atoms with Crippen LogP contribution in [-0.2, 0) is 6.42 Å². The Bertz CT molecular complexity index is 384. The Morgan fingerprint density at radius 3 is 2.74 bits per heavy atom. The molecule has 1 heterocycles. The van der Waals surface area contributed by atoms with E-state index in [4.69, 9.17) is 0 Å². The summed E-state index contributed by atoms with van der Waals surface area (Å²) in [5, 5.41) is 3.37. The molecule has 1 unspecified atom stereocenters. The molecule has 0 amide bonds. The van der Waals surface area contributed by atoms with E-state index in [0.29, 0.717) is 6.04 Å². The zero-order chi connectivity index (χ0) is 14.3. The maximum atomic E-state index is 4.51. The van der Waals surface area contributed by atoms with Gasteiger partial charge in [-0.3, -0.25) is 0 Å². The molecule has 1 aromatic rings. The number of aryl methyl sites for hydroxylation is 1. The number of hydrogen-bond donors (Lipinski definition) is 1. The van der Waals surface area contributed by atoms with Crippen molar-refractivity contribution in [3.8, 4) is 0 Å². The predicted molar refractivity (Wildman–Crippen MR) is 84.6 cm³/mol. The highest BCUT2D eigenvalue weighted by molar-refractivity contribution is 9.10. The van der Waals surface area contributed by atoms with E-state index in [1.54, 1.807) is 0 Å². The normalized spacial score (nSPS) is 12.7. The average molecular weight is 329 g/mol. The van der Waals surface area contributed by atoms with Crippen LogP contribution in [0.3, 0.4) is 0 Å². The van der Waals surface area contributed by atoms with Crippen LogP contribution in [0.5, 0.6) is 0 Å². The largest absolute Gasteiger partial charge is 0.369 e. The monoisotopic (exact) mass is 328 g/mol. The molecule has 4 nitrogen and oxygen atoms in total. The molecule has 5 heteroatoms. The van der Waals surface area contributed by atoms with Crippen LogP contribution in [0, 0.1) is 0 Å². The van der Waals surface area contributed by atoms with Crippen LogP contribution >= 0.6 is 15.9 Å². The Kier molecular flexibility index (Phi) is 7.31. The van der Waals surface area contributed by atoms with E-state index in [2.05, 4.69) is 63.9 Å². The van der Waals surface area contributed by atoms with Crippen LogP contribution in [0.2, 0.25) is 0 Å². The number of nitrogens with zero attached hydrogens (tertiary/aromatic N) is 3. The summed E-state index contributed by atoms with van der Waals surface area (Å²) in [5.74, 6) is 1.80. The van der Waals surface area contributed by atoms with E-state index in [9.17, 15) is 0 Å². The number of hydrogen-bond acceptors (Lipinski definition) is 4. The lowest BCUT2D eigenvalue weighted by atomic mass is 10.2. The highest BCUT2D eigenvalue weighted by Gasteiger charge is 2.06. The molecule has 0 bridgehead atoms. The second-order valence-corrected chi connectivity index (χ2v) is 5.72. The van der Waals surface area contributed by atoms with E-state index in [-0.39, 0.29) is 0 Å². The number of aromatic nitrogens is 2. The van der Waals surface area contributed by atoms with Gasteiger partial charge < -0.3 is 10.2 Å². The Morgan fingerprint density at radius 1 is 1.37 bits per heavy atom. The Labute approximate surface area is 125 Å². The smallest absolute Gasteiger partial charge is 0.132 e. The van der Waals surface area contributed by atoms with Crippen LogP contribution in [0.4, 0.5) is 5.82 Å². The van der Waals surface area contributed by atoms with E-state index in [1.165, 1.54) is 6.42 Å². The minimum Gasteiger partial charge on any atom is -0.369 e. The van der Waals surface area contributed by atoms with Crippen LogP contribution < -0.4 is 5.32 Å². The van der Waals surface area contributed by atoms with Gasteiger partial charge in [-0.05, 0) is 42.7 Å². The van der Waals surface area contributed by atoms with E-state index < -0.39 is 0 Å². The zero-order valence-corrected chi connectivity index (χ0v) is 14.0. The fraction of sp³-hybridized carbons (Fsp3) is 0.714. The molecule has 0 aromatic carbocycles. The van der Waals surface area contributed by atoms with Crippen LogP contribution in [0.25, 0.3) is 0 Å². The van der Waals surface area contributed by atoms with Crippen molar-refractivity contribution in [3.05, 3.63) is 16.5 Å². The lowest BCUT2D eigenvalue weighted by molar-refractivity contribution is 0.261. The van der Waals surface area contributed by atoms with Gasteiger partial charge in [0.1, 0.15) is 16.2 Å². The van der Waals surface area contributed by atoms with E-state index in [1.807, 2.05) is 6.07 Å². The highest BCUT2D eigenvalue weighted by atomic mass is 79.9. The number of nitrogens with one attached hydrogen (secondary N) is 1. The fourth-order valence-electron chi connectivity index (χ4n) is 1.78. The molecule has 19 heavy (non-hydrogen) atoms. The SMILES string of the molecule is CCCc1nc(Br)cc(NCCN(C)C(C)CC)n1. The Morgan fingerprint density at radius 2 is 2.11 bits per heavy atom. The molecule has 0 aliphatic rings. The van der Waals surface area contributed by atoms with E-state index >= 15 is 0 Å². The van der Waals surface area contributed by atoms with Gasteiger partial charge in [0.25, 0.3) is 0 Å². The van der Waals surface area contributed by atoms with Gasteiger partial charge in [0.05, 0.1) is 0 Å². The Balaban J connectivity index is 2.48. The molecule has 1 rings (SSSR count). The summed E-state index contributed by atoms with van der Waals surface area (Å²) in [5.41, 5.74) is 0. The third kappa shape index (κ3) is 5.87. The molecular formula is C14H25BrN4. The lowest BCUT2D eigenvalue weighted by Crippen LogP contribution is -2.32. The van der Waals surface area contributed by atoms with Crippen molar-refractivity contribution in [2.24, 2.45) is 0 Å². The van der Waals surface area contributed by atoms with Crippen molar-refractivity contribution in [3.63, 3.8) is 0 Å². The minimum absolute atomic E-state index is 0.620. The first-order valence-corrected chi connectivity index (χ1v) is 7.83. The summed E-state index contributed by atoms with van der Waals surface area (Å²) in [6.07, 6.45) is 3.16. The van der Waals surface area contributed by atoms with Gasteiger partial charge in [-0.2, -0.15) is 0 Å². The summed E-state index contributed by atoms with van der Waals surface area (Å²) in [4.78, 5) is 11.2. The summed E-state index contributed by atoms with van der Waals surface area (Å²) >= 11 is 3.44. The first-order valence-electron chi connectivity index (χ1n) is 7.04. The number of halogens is 1. The zero-order valence-electron chi connectivity index (χ0n) is 12.4. The standard InChI is InChI=1S/C14H25BrN4/c1-5-7-13-17-12(15)10-14(18-13)16-8-9-19(4)11(3)6-2/h10-11H,5-9H2,1-4H3,(H,16,17,18). The molecule has 0 aliphatic carbocycles. The third-order valence-electron chi connectivity index (χ3n) is 3.33. The quantitative estimate of drug-likeness (QED) is 0.743. The van der Waals surface area contributed by atoms with Crippen molar-refractivity contribution >= 4 is 21.7 Å². The molecule has 0 aliphatic heterocycles. The average Bonchev–Trinajstić information content (AvgIpc) is 2.37. The van der Waals surface area contributed by atoms with Crippen molar-refractivity contribution in [2.45, 2.75) is 46.1 Å². The summed E-state index contributed by atoms with van der Waals surface area (Å²) in [6, 6.07) is 2.55. The summed E-state index contributed by atoms with van der Waals surface area (Å²) in [6.45, 7) is 8.52. The van der Waals surface area contributed by atoms with Crippen LogP contribution in [-0.4, -0.2) is 41.0 Å². The van der Waals surface area contributed by atoms with Gasteiger partial charge in [0.15, 0.2) is 0 Å². The number of rotatable bonds is 8. The van der Waals surface area contributed by atoms with Crippen molar-refractivity contribution in [2.75, 3.05) is 25.5 Å². The molecular weight excluding hydrogens is 304 g/mol. The molecule has 1 aromatic heterocycles. The Hall–Kier alpha value is -0.680. The van der Waals surface area contributed by atoms with Crippen LogP contribution in [0.1, 0.15) is 39.4 Å². The second kappa shape index (κ2) is 8.48. The van der Waals surface area contributed by atoms with Crippen LogP contribution in [0.15, 0.2) is 10.7 Å². The summed E-state index contributed by atoms with van der Waals surface area (Å²) in [7, 11) is 2.16.